The Hall–Kier alpha value is -7.88. The summed E-state index contributed by atoms with van der Waals surface area (Å²) in [5, 5.41) is 2.34. The van der Waals surface area contributed by atoms with Gasteiger partial charge in [-0.1, -0.05) is 166 Å². The van der Waals surface area contributed by atoms with E-state index in [-0.39, 0.29) is 5.41 Å². The summed E-state index contributed by atoms with van der Waals surface area (Å²) in [6, 6.07) is 73.8. The number of fused-ring (bicyclic) bond motifs is 5. The second kappa shape index (κ2) is 14.1. The van der Waals surface area contributed by atoms with Crippen LogP contribution in [0.2, 0.25) is 0 Å². The molecule has 0 radical (unpaired) electrons. The molecule has 0 atom stereocenters. The smallest absolute Gasteiger partial charge is 0.160 e. The van der Waals surface area contributed by atoms with E-state index < -0.39 is 0 Å². The minimum absolute atomic E-state index is 0.127. The van der Waals surface area contributed by atoms with Gasteiger partial charge in [0, 0.05) is 33.1 Å². The highest BCUT2D eigenvalue weighted by atomic mass is 16.5. The van der Waals surface area contributed by atoms with E-state index in [2.05, 4.69) is 202 Å². The van der Waals surface area contributed by atoms with Crippen LogP contribution in [0.3, 0.4) is 0 Å². The fourth-order valence-corrected chi connectivity index (χ4v) is 9.68. The molecule has 62 heavy (non-hydrogen) atoms. The van der Waals surface area contributed by atoms with Crippen LogP contribution in [0.25, 0.3) is 100 Å². The van der Waals surface area contributed by atoms with Gasteiger partial charge in [0.1, 0.15) is 11.5 Å². The highest BCUT2D eigenvalue weighted by Gasteiger charge is 2.35. The first-order valence-corrected chi connectivity index (χ1v) is 21.3. The number of aromatic nitrogens is 2. The van der Waals surface area contributed by atoms with E-state index in [4.69, 9.17) is 14.7 Å². The van der Waals surface area contributed by atoms with Gasteiger partial charge in [0.25, 0.3) is 0 Å². The number of benzene rings is 9. The van der Waals surface area contributed by atoms with Crippen LogP contribution in [-0.4, -0.2) is 9.97 Å². The molecule has 292 valence electrons. The van der Waals surface area contributed by atoms with Crippen molar-refractivity contribution in [2.45, 2.75) is 19.3 Å². The minimum Gasteiger partial charge on any atom is -0.456 e. The van der Waals surface area contributed by atoms with Crippen LogP contribution < -0.4 is 4.74 Å². The molecule has 10 aromatic rings. The molecule has 1 aromatic heterocycles. The summed E-state index contributed by atoms with van der Waals surface area (Å²) in [5.41, 5.74) is 19.0. The van der Waals surface area contributed by atoms with E-state index in [0.29, 0.717) is 5.82 Å². The van der Waals surface area contributed by atoms with Crippen LogP contribution in [0, 0.1) is 0 Å². The molecule has 0 bridgehead atoms. The molecule has 0 amide bonds. The molecule has 9 aromatic carbocycles. The Labute approximate surface area is 361 Å². The minimum atomic E-state index is -0.127. The highest BCUT2D eigenvalue weighted by Crippen LogP contribution is 2.51. The third kappa shape index (κ3) is 5.96. The monoisotopic (exact) mass is 792 g/mol. The van der Waals surface area contributed by atoms with Crippen molar-refractivity contribution in [1.29, 1.82) is 0 Å². The molecule has 12 rings (SSSR count). The van der Waals surface area contributed by atoms with Crippen LogP contribution >= 0.6 is 0 Å². The zero-order chi connectivity index (χ0) is 41.4. The SMILES string of the molecule is CC1(C)c2ccccc2-c2ccc(-c3cc(-c4ccc5c(c4)Oc4cccc6cccc-5c46)cc(-c4cc(-c5cccc(-c6ccccc6)c5)nc(-c5ccccc5)n4)c3)cc21. The van der Waals surface area contributed by atoms with Gasteiger partial charge < -0.3 is 4.74 Å². The van der Waals surface area contributed by atoms with E-state index in [1.807, 2.05) is 18.2 Å². The maximum atomic E-state index is 6.70. The third-order valence-corrected chi connectivity index (χ3v) is 12.9. The van der Waals surface area contributed by atoms with Gasteiger partial charge in [-0.15, -0.1) is 0 Å². The molecule has 0 fully saturated rings. The van der Waals surface area contributed by atoms with Crippen LogP contribution in [0.5, 0.6) is 11.5 Å². The average molecular weight is 793 g/mol. The van der Waals surface area contributed by atoms with Crippen molar-refractivity contribution >= 4 is 10.8 Å². The molecule has 1 aliphatic carbocycles. The number of ether oxygens (including phenoxy) is 1. The van der Waals surface area contributed by atoms with Crippen molar-refractivity contribution in [1.82, 2.24) is 9.97 Å². The lowest BCUT2D eigenvalue weighted by molar-refractivity contribution is 0.487. The summed E-state index contributed by atoms with van der Waals surface area (Å²) >= 11 is 0. The first-order valence-electron chi connectivity index (χ1n) is 21.3. The van der Waals surface area contributed by atoms with Crippen molar-refractivity contribution in [2.75, 3.05) is 0 Å². The molecule has 0 spiro atoms. The summed E-state index contributed by atoms with van der Waals surface area (Å²) in [6.45, 7) is 4.69. The van der Waals surface area contributed by atoms with E-state index in [9.17, 15) is 0 Å². The second-order valence-electron chi connectivity index (χ2n) is 17.0. The zero-order valence-corrected chi connectivity index (χ0v) is 34.4. The van der Waals surface area contributed by atoms with E-state index in [0.717, 1.165) is 78.3 Å². The number of hydrogen-bond donors (Lipinski definition) is 0. The Balaban J connectivity index is 1.05. The molecule has 0 N–H and O–H groups in total. The third-order valence-electron chi connectivity index (χ3n) is 12.9. The van der Waals surface area contributed by atoms with Crippen LogP contribution in [-0.2, 0) is 5.41 Å². The summed E-state index contributed by atoms with van der Waals surface area (Å²) in [5.74, 6) is 2.42. The Morgan fingerprint density at radius 1 is 0.339 bits per heavy atom. The van der Waals surface area contributed by atoms with Crippen molar-refractivity contribution < 1.29 is 4.74 Å². The predicted octanol–water partition coefficient (Wildman–Crippen LogP) is 15.7. The van der Waals surface area contributed by atoms with Gasteiger partial charge in [0.15, 0.2) is 5.82 Å². The number of rotatable bonds is 6. The van der Waals surface area contributed by atoms with Gasteiger partial charge in [-0.05, 0) is 121 Å². The Bertz CT molecular complexity index is 3400. The Morgan fingerprint density at radius 2 is 0.887 bits per heavy atom. The van der Waals surface area contributed by atoms with Crippen LogP contribution in [0.15, 0.2) is 206 Å². The molecule has 2 aliphatic rings. The van der Waals surface area contributed by atoms with Crippen molar-refractivity contribution in [3.8, 4) is 101 Å². The molecular weight excluding hydrogens is 753 g/mol. The fourth-order valence-electron chi connectivity index (χ4n) is 9.68. The van der Waals surface area contributed by atoms with Crippen molar-refractivity contribution in [3.63, 3.8) is 0 Å². The first-order chi connectivity index (χ1) is 30.4. The Kier molecular flexibility index (Phi) is 8.20. The van der Waals surface area contributed by atoms with Gasteiger partial charge in [0.2, 0.25) is 0 Å². The normalized spacial score (nSPS) is 12.9. The first kappa shape index (κ1) is 36.0. The van der Waals surface area contributed by atoms with Crippen LogP contribution in [0.4, 0.5) is 0 Å². The molecule has 2 heterocycles. The molecule has 1 aliphatic heterocycles. The summed E-state index contributed by atoms with van der Waals surface area (Å²) in [4.78, 5) is 10.6. The van der Waals surface area contributed by atoms with Crippen LogP contribution in [0.1, 0.15) is 25.0 Å². The van der Waals surface area contributed by atoms with Gasteiger partial charge in [-0.25, -0.2) is 9.97 Å². The summed E-state index contributed by atoms with van der Waals surface area (Å²) < 4.78 is 6.70. The number of hydrogen-bond acceptors (Lipinski definition) is 3. The molecule has 0 unspecified atom stereocenters. The van der Waals surface area contributed by atoms with Gasteiger partial charge in [0.05, 0.1) is 11.4 Å². The molecule has 3 heteroatoms. The molecule has 0 saturated carbocycles. The Morgan fingerprint density at radius 3 is 1.68 bits per heavy atom. The van der Waals surface area contributed by atoms with E-state index in [1.54, 1.807) is 0 Å². The molecule has 3 nitrogen and oxygen atoms in total. The topological polar surface area (TPSA) is 35.0 Å². The summed E-state index contributed by atoms with van der Waals surface area (Å²) in [6.07, 6.45) is 0. The quantitative estimate of drug-likeness (QED) is 0.168. The lowest BCUT2D eigenvalue weighted by Crippen LogP contribution is -2.14. The van der Waals surface area contributed by atoms with Crippen molar-refractivity contribution in [2.24, 2.45) is 0 Å². The largest absolute Gasteiger partial charge is 0.456 e. The van der Waals surface area contributed by atoms with Gasteiger partial charge >= 0.3 is 0 Å². The van der Waals surface area contributed by atoms with E-state index >= 15 is 0 Å². The second-order valence-corrected chi connectivity index (χ2v) is 17.0. The lowest BCUT2D eigenvalue weighted by Gasteiger charge is -2.22. The molecular formula is C59H40N2O. The average Bonchev–Trinajstić information content (AvgIpc) is 3.57. The zero-order valence-electron chi connectivity index (χ0n) is 34.4. The van der Waals surface area contributed by atoms with E-state index in [1.165, 1.54) is 38.8 Å². The predicted molar refractivity (Wildman–Crippen MR) is 255 cm³/mol. The maximum Gasteiger partial charge on any atom is 0.160 e. The maximum absolute atomic E-state index is 6.70. The van der Waals surface area contributed by atoms with Crippen molar-refractivity contribution in [3.05, 3.63) is 217 Å². The highest BCUT2D eigenvalue weighted by molar-refractivity contribution is 6.04. The standard InChI is InChI=1S/C59H40N2O/c1-59(2)51-24-10-9-22-47(51)48-28-26-41(34-52(48)59)44-31-45(42-27-29-49-50-23-12-18-38-19-13-25-55(57(38)50)62-56(49)35-42)33-46(32-44)54-36-53(60-58(61-54)39-16-7-4-8-17-39)43-21-11-20-40(30-43)37-14-5-3-6-15-37/h3-36H,1-2H3. The number of nitrogens with zero attached hydrogens (tertiary/aromatic N) is 2. The molecule has 0 saturated heterocycles. The van der Waals surface area contributed by atoms with Gasteiger partial charge in [-0.2, -0.15) is 0 Å². The summed E-state index contributed by atoms with van der Waals surface area (Å²) in [7, 11) is 0. The fraction of sp³-hybridized carbons (Fsp3) is 0.0508. The lowest BCUT2D eigenvalue weighted by atomic mass is 9.81. The van der Waals surface area contributed by atoms with Gasteiger partial charge in [-0.3, -0.25) is 0 Å².